The Balaban J connectivity index is 4.65. The molecule has 2 N–H and O–H groups in total. The van der Waals surface area contributed by atoms with Crippen LogP contribution in [0, 0.1) is 23.7 Å². The highest BCUT2D eigenvalue weighted by molar-refractivity contribution is 5.78. The number of carbonyl (C=O) groups is 2. The zero-order valence-corrected chi connectivity index (χ0v) is 13.2. The van der Waals surface area contributed by atoms with Crippen molar-refractivity contribution in [3.8, 4) is 0 Å². The van der Waals surface area contributed by atoms with Crippen LogP contribution in [-0.4, -0.2) is 22.2 Å². The first-order chi connectivity index (χ1) is 9.13. The average Bonchev–Trinajstić information content (AvgIpc) is 2.22. The molecule has 0 saturated carbocycles. The van der Waals surface area contributed by atoms with Crippen molar-refractivity contribution in [1.29, 1.82) is 0 Å². The summed E-state index contributed by atoms with van der Waals surface area (Å²) in [5.41, 5.74) is 1.14. The molecule has 0 radical (unpaired) electrons. The fourth-order valence-corrected chi connectivity index (χ4v) is 2.76. The van der Waals surface area contributed by atoms with Gasteiger partial charge in [0.1, 0.15) is 0 Å². The highest BCUT2D eigenvalue weighted by Crippen LogP contribution is 2.23. The number of allylic oxidation sites excluding steroid dienone is 2. The van der Waals surface area contributed by atoms with Crippen molar-refractivity contribution in [3.63, 3.8) is 0 Å². The Labute approximate surface area is 121 Å². The molecule has 0 rings (SSSR count). The second kappa shape index (κ2) is 8.77. The molecule has 116 valence electrons. The highest BCUT2D eigenvalue weighted by Gasteiger charge is 2.26. The van der Waals surface area contributed by atoms with Crippen LogP contribution in [0.2, 0.25) is 0 Å². The van der Waals surface area contributed by atoms with Gasteiger partial charge >= 0.3 is 11.9 Å². The molecule has 0 aromatic heterocycles. The third-order valence-electron chi connectivity index (χ3n) is 3.44. The Kier molecular flexibility index (Phi) is 8.19. The molecular weight excluding hydrogens is 256 g/mol. The van der Waals surface area contributed by atoms with Gasteiger partial charge in [0.15, 0.2) is 0 Å². The Bertz CT molecular complexity index is 357. The van der Waals surface area contributed by atoms with Crippen molar-refractivity contribution in [1.82, 2.24) is 0 Å². The van der Waals surface area contributed by atoms with Crippen LogP contribution in [-0.2, 0) is 9.59 Å². The fourth-order valence-electron chi connectivity index (χ4n) is 2.76. The third-order valence-corrected chi connectivity index (χ3v) is 3.44. The van der Waals surface area contributed by atoms with Crippen LogP contribution in [0.5, 0.6) is 0 Å². The van der Waals surface area contributed by atoms with Crippen LogP contribution < -0.4 is 0 Å². The van der Waals surface area contributed by atoms with E-state index in [0.29, 0.717) is 11.8 Å². The van der Waals surface area contributed by atoms with Crippen LogP contribution in [0.3, 0.4) is 0 Å². The molecule has 20 heavy (non-hydrogen) atoms. The van der Waals surface area contributed by atoms with E-state index in [2.05, 4.69) is 20.8 Å². The van der Waals surface area contributed by atoms with E-state index in [4.69, 9.17) is 10.2 Å². The average molecular weight is 284 g/mol. The maximum absolute atomic E-state index is 11.1. The van der Waals surface area contributed by atoms with E-state index in [0.717, 1.165) is 18.4 Å². The van der Waals surface area contributed by atoms with Crippen LogP contribution in [0.25, 0.3) is 0 Å². The topological polar surface area (TPSA) is 74.6 Å². The van der Waals surface area contributed by atoms with Crippen molar-refractivity contribution in [2.75, 3.05) is 0 Å². The minimum atomic E-state index is -1.07. The minimum Gasteiger partial charge on any atom is -0.481 e. The molecule has 0 fully saturated rings. The Morgan fingerprint density at radius 2 is 1.60 bits per heavy atom. The first-order valence-electron chi connectivity index (χ1n) is 7.25. The minimum absolute atomic E-state index is 0.269. The summed E-state index contributed by atoms with van der Waals surface area (Å²) in [6.45, 7) is 10.3. The van der Waals surface area contributed by atoms with E-state index in [1.165, 1.54) is 0 Å². The van der Waals surface area contributed by atoms with E-state index in [1.807, 2.05) is 13.0 Å². The fraction of sp³-hybridized carbons (Fsp3) is 0.750. The van der Waals surface area contributed by atoms with E-state index in [1.54, 1.807) is 6.92 Å². The van der Waals surface area contributed by atoms with Gasteiger partial charge in [-0.3, -0.25) is 9.59 Å². The van der Waals surface area contributed by atoms with Crippen LogP contribution >= 0.6 is 0 Å². The van der Waals surface area contributed by atoms with Crippen LogP contribution in [0.1, 0.15) is 53.9 Å². The number of hydrogen-bond acceptors (Lipinski definition) is 2. The summed E-state index contributed by atoms with van der Waals surface area (Å²) in [6, 6.07) is 0. The van der Waals surface area contributed by atoms with Crippen molar-refractivity contribution in [2.24, 2.45) is 23.7 Å². The molecular formula is C16H28O4. The Hall–Kier alpha value is -1.32. The van der Waals surface area contributed by atoms with Crippen molar-refractivity contribution < 1.29 is 19.8 Å². The van der Waals surface area contributed by atoms with Gasteiger partial charge in [0.25, 0.3) is 0 Å². The van der Waals surface area contributed by atoms with Crippen LogP contribution in [0.15, 0.2) is 11.6 Å². The Morgan fingerprint density at radius 1 is 1.05 bits per heavy atom. The summed E-state index contributed by atoms with van der Waals surface area (Å²) in [5.74, 6) is -2.03. The molecule has 0 amide bonds. The van der Waals surface area contributed by atoms with E-state index >= 15 is 0 Å². The lowest BCUT2D eigenvalue weighted by molar-refractivity contribution is -0.149. The molecule has 0 aliphatic rings. The molecule has 0 aliphatic carbocycles. The largest absolute Gasteiger partial charge is 0.481 e. The number of rotatable bonds is 9. The molecule has 4 heteroatoms. The summed E-state index contributed by atoms with van der Waals surface area (Å²) in [4.78, 5) is 21.9. The molecule has 3 atom stereocenters. The number of carboxylic acid groups (broad SMARTS) is 2. The summed E-state index contributed by atoms with van der Waals surface area (Å²) >= 11 is 0. The van der Waals surface area contributed by atoms with Crippen molar-refractivity contribution >= 4 is 11.9 Å². The smallest absolute Gasteiger partial charge is 0.307 e. The maximum Gasteiger partial charge on any atom is 0.307 e. The summed E-state index contributed by atoms with van der Waals surface area (Å²) < 4.78 is 0. The summed E-state index contributed by atoms with van der Waals surface area (Å²) in [7, 11) is 0. The molecule has 0 aromatic rings. The lowest BCUT2D eigenvalue weighted by Crippen LogP contribution is -2.23. The SMILES string of the molecule is CC(=CC(C)C(CC(=O)O)C(=O)O)CC(C)CC(C)C. The van der Waals surface area contributed by atoms with E-state index in [9.17, 15) is 9.59 Å². The monoisotopic (exact) mass is 284 g/mol. The predicted octanol–water partition coefficient (Wildman–Crippen LogP) is 3.82. The predicted molar refractivity (Wildman–Crippen MR) is 79.5 cm³/mol. The highest BCUT2D eigenvalue weighted by atomic mass is 16.4. The van der Waals surface area contributed by atoms with Gasteiger partial charge in [-0.2, -0.15) is 0 Å². The lowest BCUT2D eigenvalue weighted by Gasteiger charge is -2.18. The van der Waals surface area contributed by atoms with Crippen molar-refractivity contribution in [2.45, 2.75) is 53.9 Å². The van der Waals surface area contributed by atoms with Gasteiger partial charge in [0.05, 0.1) is 12.3 Å². The van der Waals surface area contributed by atoms with Gasteiger partial charge < -0.3 is 10.2 Å². The second-order valence-corrected chi connectivity index (χ2v) is 6.35. The van der Waals surface area contributed by atoms with Gasteiger partial charge in [-0.25, -0.2) is 0 Å². The number of carboxylic acids is 2. The molecule has 0 bridgehead atoms. The second-order valence-electron chi connectivity index (χ2n) is 6.35. The summed E-state index contributed by atoms with van der Waals surface area (Å²) in [6.07, 6.45) is 3.65. The first kappa shape index (κ1) is 18.7. The first-order valence-corrected chi connectivity index (χ1v) is 7.25. The molecule has 3 unspecified atom stereocenters. The number of hydrogen-bond donors (Lipinski definition) is 2. The molecule has 0 heterocycles. The van der Waals surface area contributed by atoms with E-state index < -0.39 is 17.9 Å². The Morgan fingerprint density at radius 3 is 2.00 bits per heavy atom. The number of aliphatic carboxylic acids is 2. The molecule has 0 saturated heterocycles. The third kappa shape index (κ3) is 7.97. The normalized spacial score (nSPS) is 16.8. The van der Waals surface area contributed by atoms with Gasteiger partial charge in [-0.05, 0) is 37.5 Å². The standard InChI is InChI=1S/C16H28O4/c1-10(2)6-11(3)7-12(4)8-13(5)14(16(19)20)9-15(17)18/h8,10-11,13-14H,6-7,9H2,1-5H3,(H,17,18)(H,19,20). The van der Waals surface area contributed by atoms with Crippen molar-refractivity contribution in [3.05, 3.63) is 11.6 Å². The maximum atomic E-state index is 11.1. The molecule has 0 aliphatic heterocycles. The zero-order valence-electron chi connectivity index (χ0n) is 13.2. The quantitative estimate of drug-likeness (QED) is 0.631. The van der Waals surface area contributed by atoms with Crippen LogP contribution in [0.4, 0.5) is 0 Å². The van der Waals surface area contributed by atoms with Gasteiger partial charge in [0.2, 0.25) is 0 Å². The lowest BCUT2D eigenvalue weighted by atomic mass is 9.87. The van der Waals surface area contributed by atoms with E-state index in [-0.39, 0.29) is 12.3 Å². The zero-order chi connectivity index (χ0) is 15.9. The van der Waals surface area contributed by atoms with Gasteiger partial charge in [0, 0.05) is 0 Å². The summed E-state index contributed by atoms with van der Waals surface area (Å²) in [5, 5.41) is 17.9. The molecule has 4 nitrogen and oxygen atoms in total. The molecule has 0 spiro atoms. The van der Waals surface area contributed by atoms with Gasteiger partial charge in [-0.15, -0.1) is 0 Å². The van der Waals surface area contributed by atoms with Gasteiger partial charge in [-0.1, -0.05) is 39.3 Å². The molecule has 0 aromatic carbocycles.